The van der Waals surface area contributed by atoms with Gasteiger partial charge in [0.05, 0.1) is 29.9 Å². The topological polar surface area (TPSA) is 77.8 Å². The molecule has 1 aliphatic heterocycles. The maximum absolute atomic E-state index is 12.3. The summed E-state index contributed by atoms with van der Waals surface area (Å²) in [5, 5.41) is 19.0. The Balaban J connectivity index is 1.91. The summed E-state index contributed by atoms with van der Waals surface area (Å²) >= 11 is 0. The van der Waals surface area contributed by atoms with Crippen LogP contribution in [0, 0.1) is 5.92 Å². The zero-order valence-corrected chi connectivity index (χ0v) is 10.8. The third-order valence-corrected chi connectivity index (χ3v) is 3.93. The Bertz CT molecular complexity index is 560. The first kappa shape index (κ1) is 13.0. The summed E-state index contributed by atoms with van der Waals surface area (Å²) in [4.78, 5) is 25.8. The quantitative estimate of drug-likeness (QED) is 0.610. The van der Waals surface area contributed by atoms with Crippen LogP contribution in [0.15, 0.2) is 36.4 Å². The van der Waals surface area contributed by atoms with Crippen molar-refractivity contribution in [1.29, 1.82) is 0 Å². The van der Waals surface area contributed by atoms with Crippen molar-refractivity contribution in [3.8, 4) is 0 Å². The number of benzene rings is 1. The van der Waals surface area contributed by atoms with E-state index >= 15 is 0 Å². The smallest absolute Gasteiger partial charge is 0.262 e. The second kappa shape index (κ2) is 4.85. The highest BCUT2D eigenvalue weighted by Crippen LogP contribution is 2.29. The third-order valence-electron chi connectivity index (χ3n) is 3.93. The van der Waals surface area contributed by atoms with Crippen LogP contribution < -0.4 is 0 Å². The summed E-state index contributed by atoms with van der Waals surface area (Å²) in [5.74, 6) is -0.980. The predicted octanol–water partition coefficient (Wildman–Crippen LogP) is 0.581. The molecule has 20 heavy (non-hydrogen) atoms. The van der Waals surface area contributed by atoms with Crippen molar-refractivity contribution in [2.75, 3.05) is 6.61 Å². The SMILES string of the molecule is O=C1c2ccccc2C(=O)N1C1C=CC(CO)C(O)C1. The van der Waals surface area contributed by atoms with Gasteiger partial charge in [-0.05, 0) is 18.6 Å². The normalized spacial score (nSPS) is 28.9. The number of aliphatic hydroxyl groups excluding tert-OH is 2. The van der Waals surface area contributed by atoms with Crippen molar-refractivity contribution in [3.63, 3.8) is 0 Å². The van der Waals surface area contributed by atoms with E-state index in [1.165, 1.54) is 4.90 Å². The molecule has 0 saturated heterocycles. The molecule has 3 atom stereocenters. The highest BCUT2D eigenvalue weighted by Gasteiger charge is 2.41. The van der Waals surface area contributed by atoms with E-state index in [-0.39, 0.29) is 30.8 Å². The van der Waals surface area contributed by atoms with Crippen molar-refractivity contribution in [2.24, 2.45) is 5.92 Å². The molecule has 1 aliphatic carbocycles. The molecular formula is C15H15NO4. The summed E-state index contributed by atoms with van der Waals surface area (Å²) in [6.45, 7) is -0.146. The average molecular weight is 273 g/mol. The van der Waals surface area contributed by atoms with Gasteiger partial charge in [0.25, 0.3) is 11.8 Å². The molecule has 0 bridgehead atoms. The van der Waals surface area contributed by atoms with Gasteiger partial charge in [0.2, 0.25) is 0 Å². The largest absolute Gasteiger partial charge is 0.396 e. The van der Waals surface area contributed by atoms with E-state index in [0.29, 0.717) is 11.1 Å². The summed E-state index contributed by atoms with van der Waals surface area (Å²) in [7, 11) is 0. The molecule has 1 aromatic carbocycles. The van der Waals surface area contributed by atoms with Crippen molar-refractivity contribution in [2.45, 2.75) is 18.6 Å². The lowest BCUT2D eigenvalue weighted by molar-refractivity contribution is 0.0426. The number of hydrogen-bond acceptors (Lipinski definition) is 4. The highest BCUT2D eigenvalue weighted by molar-refractivity contribution is 6.21. The van der Waals surface area contributed by atoms with Gasteiger partial charge < -0.3 is 10.2 Å². The van der Waals surface area contributed by atoms with Gasteiger partial charge in [0, 0.05) is 5.92 Å². The number of nitrogens with zero attached hydrogens (tertiary/aromatic N) is 1. The lowest BCUT2D eigenvalue weighted by Gasteiger charge is -2.31. The molecule has 1 aromatic rings. The van der Waals surface area contributed by atoms with Crippen LogP contribution >= 0.6 is 0 Å². The molecule has 2 N–H and O–H groups in total. The van der Waals surface area contributed by atoms with Crippen LogP contribution in [-0.4, -0.2) is 45.7 Å². The van der Waals surface area contributed by atoms with Gasteiger partial charge in [-0.3, -0.25) is 14.5 Å². The molecule has 5 nitrogen and oxygen atoms in total. The van der Waals surface area contributed by atoms with Crippen molar-refractivity contribution < 1.29 is 19.8 Å². The molecular weight excluding hydrogens is 258 g/mol. The standard InChI is InChI=1S/C15H15NO4/c17-8-9-5-6-10(7-13(9)18)16-14(19)11-3-1-2-4-12(11)15(16)20/h1-6,9-10,13,17-18H,7-8H2. The molecule has 0 fully saturated rings. The molecule has 0 saturated carbocycles. The minimum Gasteiger partial charge on any atom is -0.396 e. The molecule has 104 valence electrons. The van der Waals surface area contributed by atoms with E-state index in [4.69, 9.17) is 5.11 Å². The zero-order chi connectivity index (χ0) is 14.3. The van der Waals surface area contributed by atoms with Crippen molar-refractivity contribution in [1.82, 2.24) is 4.90 Å². The first-order chi connectivity index (χ1) is 9.63. The number of amides is 2. The maximum atomic E-state index is 12.3. The fraction of sp³-hybridized carbons (Fsp3) is 0.333. The van der Waals surface area contributed by atoms with Crippen LogP contribution in [0.5, 0.6) is 0 Å². The van der Waals surface area contributed by atoms with Gasteiger partial charge in [-0.2, -0.15) is 0 Å². The molecule has 3 unspecified atom stereocenters. The number of imide groups is 1. The van der Waals surface area contributed by atoms with Crippen LogP contribution in [0.3, 0.4) is 0 Å². The van der Waals surface area contributed by atoms with Crippen LogP contribution in [0.25, 0.3) is 0 Å². The monoisotopic (exact) mass is 273 g/mol. The third kappa shape index (κ3) is 1.87. The Kier molecular flexibility index (Phi) is 3.16. The number of carbonyl (C=O) groups is 2. The number of rotatable bonds is 2. The van der Waals surface area contributed by atoms with Gasteiger partial charge in [0.15, 0.2) is 0 Å². The number of hydrogen-bond donors (Lipinski definition) is 2. The summed E-state index contributed by atoms with van der Waals surface area (Å²) < 4.78 is 0. The summed E-state index contributed by atoms with van der Waals surface area (Å²) in [6, 6.07) is 6.26. The highest BCUT2D eigenvalue weighted by atomic mass is 16.3. The Morgan fingerprint density at radius 2 is 1.70 bits per heavy atom. The number of aliphatic hydroxyl groups is 2. The minimum atomic E-state index is -0.751. The predicted molar refractivity (Wildman–Crippen MR) is 71.1 cm³/mol. The second-order valence-electron chi connectivity index (χ2n) is 5.13. The Morgan fingerprint density at radius 1 is 1.10 bits per heavy atom. The molecule has 0 radical (unpaired) electrons. The number of carbonyl (C=O) groups excluding carboxylic acids is 2. The summed E-state index contributed by atoms with van der Waals surface area (Å²) in [6.07, 6.45) is 2.89. The van der Waals surface area contributed by atoms with E-state index in [1.807, 2.05) is 0 Å². The van der Waals surface area contributed by atoms with Crippen LogP contribution in [0.4, 0.5) is 0 Å². The Morgan fingerprint density at radius 3 is 2.20 bits per heavy atom. The van der Waals surface area contributed by atoms with Crippen molar-refractivity contribution >= 4 is 11.8 Å². The van der Waals surface area contributed by atoms with Gasteiger partial charge in [0.1, 0.15) is 0 Å². The van der Waals surface area contributed by atoms with E-state index in [9.17, 15) is 14.7 Å². The Labute approximate surface area is 116 Å². The first-order valence-electron chi connectivity index (χ1n) is 6.57. The zero-order valence-electron chi connectivity index (χ0n) is 10.8. The van der Waals surface area contributed by atoms with E-state index in [0.717, 1.165) is 0 Å². The molecule has 0 aromatic heterocycles. The first-order valence-corrected chi connectivity index (χ1v) is 6.57. The molecule has 0 spiro atoms. The molecule has 1 heterocycles. The molecule has 5 heteroatoms. The fourth-order valence-corrected chi connectivity index (χ4v) is 2.78. The molecule has 2 amide bonds. The van der Waals surface area contributed by atoms with Crippen LogP contribution in [0.2, 0.25) is 0 Å². The van der Waals surface area contributed by atoms with Gasteiger partial charge in [-0.15, -0.1) is 0 Å². The number of fused-ring (bicyclic) bond motifs is 1. The lowest BCUT2D eigenvalue weighted by atomic mass is 9.89. The Hall–Kier alpha value is -1.98. The fourth-order valence-electron chi connectivity index (χ4n) is 2.78. The lowest BCUT2D eigenvalue weighted by Crippen LogP contribution is -2.44. The minimum absolute atomic E-state index is 0.146. The van der Waals surface area contributed by atoms with E-state index in [2.05, 4.69) is 0 Å². The van der Waals surface area contributed by atoms with Crippen LogP contribution in [-0.2, 0) is 0 Å². The van der Waals surface area contributed by atoms with Gasteiger partial charge in [-0.25, -0.2) is 0 Å². The maximum Gasteiger partial charge on any atom is 0.262 e. The summed E-state index contributed by atoms with van der Waals surface area (Å²) in [5.41, 5.74) is 0.814. The second-order valence-corrected chi connectivity index (χ2v) is 5.13. The van der Waals surface area contributed by atoms with Crippen molar-refractivity contribution in [3.05, 3.63) is 47.5 Å². The molecule has 2 aliphatic rings. The van der Waals surface area contributed by atoms with E-state index in [1.54, 1.807) is 36.4 Å². The molecule has 3 rings (SSSR count). The van der Waals surface area contributed by atoms with Gasteiger partial charge in [-0.1, -0.05) is 24.3 Å². The van der Waals surface area contributed by atoms with Gasteiger partial charge >= 0.3 is 0 Å². The van der Waals surface area contributed by atoms with Crippen LogP contribution in [0.1, 0.15) is 27.1 Å². The average Bonchev–Trinajstić information content (AvgIpc) is 2.71. The van der Waals surface area contributed by atoms with E-state index < -0.39 is 12.1 Å².